The first-order chi connectivity index (χ1) is 9.69. The van der Waals surface area contributed by atoms with Crippen molar-refractivity contribution in [2.24, 2.45) is 5.92 Å². The lowest BCUT2D eigenvalue weighted by Crippen LogP contribution is -2.33. The summed E-state index contributed by atoms with van der Waals surface area (Å²) >= 11 is 0. The van der Waals surface area contributed by atoms with Gasteiger partial charge in [-0.3, -0.25) is 9.69 Å². The third-order valence-electron chi connectivity index (χ3n) is 3.77. The summed E-state index contributed by atoms with van der Waals surface area (Å²) in [7, 11) is 0. The summed E-state index contributed by atoms with van der Waals surface area (Å²) in [6.45, 7) is 9.77. The average Bonchev–Trinajstić information content (AvgIpc) is 2.45. The second-order valence-corrected chi connectivity index (χ2v) is 5.68. The van der Waals surface area contributed by atoms with Gasteiger partial charge in [0.1, 0.15) is 0 Å². The van der Waals surface area contributed by atoms with Crippen molar-refractivity contribution >= 4 is 5.91 Å². The van der Waals surface area contributed by atoms with Gasteiger partial charge in [0, 0.05) is 25.2 Å². The number of nitrogens with one attached hydrogen (secondary N) is 1. The normalized spacial score (nSPS) is 19.6. The molecule has 0 aromatic heterocycles. The number of hydrogen-bond acceptors (Lipinski definition) is 2. The fourth-order valence-electron chi connectivity index (χ4n) is 2.72. The molecule has 1 aromatic rings. The van der Waals surface area contributed by atoms with Crippen LogP contribution in [0.2, 0.25) is 0 Å². The predicted molar refractivity (Wildman–Crippen MR) is 82.6 cm³/mol. The SMILES string of the molecule is C=CCNC(=O)c1ccc(CN2CCC[C@H](C)C2)cc1. The molecule has 1 N–H and O–H groups in total. The zero-order valence-corrected chi connectivity index (χ0v) is 12.3. The second-order valence-electron chi connectivity index (χ2n) is 5.68. The van der Waals surface area contributed by atoms with Gasteiger partial charge in [0.05, 0.1) is 0 Å². The molecule has 0 bridgehead atoms. The Hall–Kier alpha value is -1.61. The minimum Gasteiger partial charge on any atom is -0.349 e. The summed E-state index contributed by atoms with van der Waals surface area (Å²) in [6.07, 6.45) is 4.33. The molecule has 0 spiro atoms. The topological polar surface area (TPSA) is 32.3 Å². The van der Waals surface area contributed by atoms with Gasteiger partial charge < -0.3 is 5.32 Å². The zero-order valence-electron chi connectivity index (χ0n) is 12.3. The maximum Gasteiger partial charge on any atom is 0.251 e. The number of likely N-dealkylation sites (tertiary alicyclic amines) is 1. The molecule has 3 heteroatoms. The van der Waals surface area contributed by atoms with Crippen molar-refractivity contribution in [1.82, 2.24) is 10.2 Å². The highest BCUT2D eigenvalue weighted by molar-refractivity contribution is 5.94. The number of carbonyl (C=O) groups is 1. The number of nitrogens with zero attached hydrogens (tertiary/aromatic N) is 1. The first kappa shape index (κ1) is 14.8. The molecular weight excluding hydrogens is 248 g/mol. The van der Waals surface area contributed by atoms with Crippen molar-refractivity contribution in [1.29, 1.82) is 0 Å². The van der Waals surface area contributed by atoms with Gasteiger partial charge in [-0.1, -0.05) is 25.1 Å². The van der Waals surface area contributed by atoms with E-state index < -0.39 is 0 Å². The molecule has 0 unspecified atom stereocenters. The fourth-order valence-corrected chi connectivity index (χ4v) is 2.72. The van der Waals surface area contributed by atoms with Crippen LogP contribution in [0.15, 0.2) is 36.9 Å². The number of amides is 1. The molecule has 1 amide bonds. The first-order valence-corrected chi connectivity index (χ1v) is 7.39. The van der Waals surface area contributed by atoms with E-state index in [1.807, 2.05) is 12.1 Å². The van der Waals surface area contributed by atoms with Crippen LogP contribution in [0.3, 0.4) is 0 Å². The van der Waals surface area contributed by atoms with Gasteiger partial charge in [0.15, 0.2) is 0 Å². The molecule has 0 saturated carbocycles. The summed E-state index contributed by atoms with van der Waals surface area (Å²) in [6, 6.07) is 7.92. The van der Waals surface area contributed by atoms with Crippen LogP contribution < -0.4 is 5.32 Å². The smallest absolute Gasteiger partial charge is 0.251 e. The van der Waals surface area contributed by atoms with E-state index >= 15 is 0 Å². The van der Waals surface area contributed by atoms with Crippen LogP contribution in [-0.4, -0.2) is 30.4 Å². The molecule has 1 aromatic carbocycles. The Labute approximate surface area is 121 Å². The standard InChI is InChI=1S/C17H24N2O/c1-3-10-18-17(20)16-8-6-15(7-9-16)13-19-11-4-5-14(2)12-19/h3,6-9,14H,1,4-5,10-13H2,2H3,(H,18,20)/t14-/m0/s1. The lowest BCUT2D eigenvalue weighted by atomic mass is 9.99. The highest BCUT2D eigenvalue weighted by Crippen LogP contribution is 2.18. The van der Waals surface area contributed by atoms with Crippen molar-refractivity contribution in [3.8, 4) is 0 Å². The van der Waals surface area contributed by atoms with Crippen molar-refractivity contribution in [3.05, 3.63) is 48.0 Å². The Balaban J connectivity index is 1.90. The zero-order chi connectivity index (χ0) is 14.4. The number of carbonyl (C=O) groups excluding carboxylic acids is 1. The van der Waals surface area contributed by atoms with E-state index in [1.54, 1.807) is 6.08 Å². The highest BCUT2D eigenvalue weighted by Gasteiger charge is 2.16. The largest absolute Gasteiger partial charge is 0.349 e. The van der Waals surface area contributed by atoms with Crippen LogP contribution in [0.25, 0.3) is 0 Å². The number of rotatable bonds is 5. The summed E-state index contributed by atoms with van der Waals surface area (Å²) in [5, 5.41) is 2.79. The van der Waals surface area contributed by atoms with Crippen LogP contribution in [0.5, 0.6) is 0 Å². The molecular formula is C17H24N2O. The monoisotopic (exact) mass is 272 g/mol. The second kappa shape index (κ2) is 7.25. The van der Waals surface area contributed by atoms with Crippen molar-refractivity contribution in [3.63, 3.8) is 0 Å². The van der Waals surface area contributed by atoms with Gasteiger partial charge in [-0.05, 0) is 43.0 Å². The molecule has 1 atom stereocenters. The first-order valence-electron chi connectivity index (χ1n) is 7.39. The molecule has 1 aliphatic heterocycles. The van der Waals surface area contributed by atoms with Crippen LogP contribution >= 0.6 is 0 Å². The van der Waals surface area contributed by atoms with Crippen LogP contribution in [0, 0.1) is 5.92 Å². The lowest BCUT2D eigenvalue weighted by molar-refractivity contribution is 0.0958. The van der Waals surface area contributed by atoms with E-state index in [2.05, 4.69) is 35.9 Å². The molecule has 1 aliphatic rings. The van der Waals surface area contributed by atoms with Gasteiger partial charge in [0.2, 0.25) is 0 Å². The molecule has 1 heterocycles. The Morgan fingerprint density at radius 3 is 2.85 bits per heavy atom. The maximum atomic E-state index is 11.8. The average molecular weight is 272 g/mol. The number of hydrogen-bond donors (Lipinski definition) is 1. The molecule has 1 saturated heterocycles. The van der Waals surface area contributed by atoms with Crippen molar-refractivity contribution in [2.75, 3.05) is 19.6 Å². The summed E-state index contributed by atoms with van der Waals surface area (Å²) in [5.41, 5.74) is 1.99. The van der Waals surface area contributed by atoms with Crippen molar-refractivity contribution in [2.45, 2.75) is 26.3 Å². The Bertz CT molecular complexity index is 453. The van der Waals surface area contributed by atoms with E-state index in [0.717, 1.165) is 12.5 Å². The van der Waals surface area contributed by atoms with Crippen molar-refractivity contribution < 1.29 is 4.79 Å². The molecule has 0 radical (unpaired) electrons. The van der Waals surface area contributed by atoms with Crippen LogP contribution in [-0.2, 0) is 6.54 Å². The minimum atomic E-state index is -0.0388. The highest BCUT2D eigenvalue weighted by atomic mass is 16.1. The Morgan fingerprint density at radius 1 is 1.45 bits per heavy atom. The van der Waals surface area contributed by atoms with Gasteiger partial charge in [-0.25, -0.2) is 0 Å². The van der Waals surface area contributed by atoms with Gasteiger partial charge >= 0.3 is 0 Å². The molecule has 20 heavy (non-hydrogen) atoms. The minimum absolute atomic E-state index is 0.0388. The van der Waals surface area contributed by atoms with Crippen LogP contribution in [0.4, 0.5) is 0 Å². The number of benzene rings is 1. The van der Waals surface area contributed by atoms with Gasteiger partial charge in [0.25, 0.3) is 5.91 Å². The van der Waals surface area contributed by atoms with Gasteiger partial charge in [-0.2, -0.15) is 0 Å². The number of piperidine rings is 1. The third-order valence-corrected chi connectivity index (χ3v) is 3.77. The Morgan fingerprint density at radius 2 is 2.20 bits per heavy atom. The summed E-state index contributed by atoms with van der Waals surface area (Å²) in [4.78, 5) is 14.3. The quantitative estimate of drug-likeness (QED) is 0.836. The molecule has 0 aliphatic carbocycles. The molecule has 2 rings (SSSR count). The van der Waals surface area contributed by atoms with E-state index in [0.29, 0.717) is 12.1 Å². The van der Waals surface area contributed by atoms with Crippen LogP contribution in [0.1, 0.15) is 35.7 Å². The molecule has 108 valence electrons. The van der Waals surface area contributed by atoms with E-state index in [1.165, 1.54) is 31.5 Å². The van der Waals surface area contributed by atoms with E-state index in [9.17, 15) is 4.79 Å². The van der Waals surface area contributed by atoms with Gasteiger partial charge in [-0.15, -0.1) is 6.58 Å². The fraction of sp³-hybridized carbons (Fsp3) is 0.471. The van der Waals surface area contributed by atoms with E-state index in [-0.39, 0.29) is 5.91 Å². The lowest BCUT2D eigenvalue weighted by Gasteiger charge is -2.30. The van der Waals surface area contributed by atoms with E-state index in [4.69, 9.17) is 0 Å². The third kappa shape index (κ3) is 4.20. The Kier molecular flexibility index (Phi) is 5.36. The molecule has 1 fully saturated rings. The summed E-state index contributed by atoms with van der Waals surface area (Å²) in [5.74, 6) is 0.760. The maximum absolute atomic E-state index is 11.8. The predicted octanol–water partition coefficient (Wildman–Crippen LogP) is 2.83. The molecule has 3 nitrogen and oxygen atoms in total. The summed E-state index contributed by atoms with van der Waals surface area (Å²) < 4.78 is 0.